The number of aromatic nitrogens is 2. The minimum absolute atomic E-state index is 0.0764. The monoisotopic (exact) mass is 417 g/mol. The highest BCUT2D eigenvalue weighted by molar-refractivity contribution is 7.89. The van der Waals surface area contributed by atoms with Gasteiger partial charge in [0.05, 0.1) is 10.7 Å². The third kappa shape index (κ3) is 3.77. The lowest BCUT2D eigenvalue weighted by Gasteiger charge is -2.09. The standard InChI is InChI=1S/C19H16ClN3O2S2/c1-13-11-23-12-17(22-19(23)26-13)15-6-4-5-14(9-15)10-21-27(24,25)18-8-3-2-7-16(18)20/h2-9,11-12,21H,10H2,1H3. The molecule has 0 atom stereocenters. The Morgan fingerprint density at radius 3 is 2.74 bits per heavy atom. The number of aryl methyl sites for hydroxylation is 1. The molecule has 0 aliphatic heterocycles. The van der Waals surface area contributed by atoms with Gasteiger partial charge < -0.3 is 0 Å². The lowest BCUT2D eigenvalue weighted by atomic mass is 10.1. The SMILES string of the molecule is Cc1cn2cc(-c3cccc(CNS(=O)(=O)c4ccccc4Cl)c3)nc2s1. The molecule has 0 aliphatic carbocycles. The van der Waals surface area contributed by atoms with Crippen LogP contribution >= 0.6 is 22.9 Å². The number of sulfonamides is 1. The third-order valence-electron chi connectivity index (χ3n) is 4.09. The van der Waals surface area contributed by atoms with Crippen LogP contribution in [-0.4, -0.2) is 17.8 Å². The van der Waals surface area contributed by atoms with E-state index in [1.165, 1.54) is 10.9 Å². The van der Waals surface area contributed by atoms with Crippen LogP contribution in [0.1, 0.15) is 10.4 Å². The number of imidazole rings is 1. The molecule has 1 N–H and O–H groups in total. The molecule has 0 amide bonds. The number of hydrogen-bond donors (Lipinski definition) is 1. The second kappa shape index (κ2) is 7.09. The second-order valence-electron chi connectivity index (χ2n) is 6.11. The van der Waals surface area contributed by atoms with Gasteiger partial charge in [-0.2, -0.15) is 0 Å². The van der Waals surface area contributed by atoms with E-state index in [4.69, 9.17) is 11.6 Å². The topological polar surface area (TPSA) is 63.5 Å². The van der Waals surface area contributed by atoms with E-state index in [0.29, 0.717) is 0 Å². The zero-order valence-corrected chi connectivity index (χ0v) is 16.8. The first-order valence-electron chi connectivity index (χ1n) is 8.21. The van der Waals surface area contributed by atoms with Crippen LogP contribution in [0.3, 0.4) is 0 Å². The Balaban J connectivity index is 1.56. The van der Waals surface area contributed by atoms with Crippen LogP contribution in [0, 0.1) is 6.92 Å². The van der Waals surface area contributed by atoms with E-state index in [1.807, 2.05) is 48.0 Å². The van der Waals surface area contributed by atoms with Gasteiger partial charge in [0, 0.05) is 29.4 Å². The number of nitrogens with one attached hydrogen (secondary N) is 1. The molecule has 2 aromatic carbocycles. The molecule has 0 aliphatic rings. The van der Waals surface area contributed by atoms with Gasteiger partial charge in [0.1, 0.15) is 4.90 Å². The summed E-state index contributed by atoms with van der Waals surface area (Å²) in [5.41, 5.74) is 2.64. The molecule has 138 valence electrons. The van der Waals surface area contributed by atoms with Gasteiger partial charge in [-0.05, 0) is 30.7 Å². The summed E-state index contributed by atoms with van der Waals surface area (Å²) in [4.78, 5) is 6.85. The number of hydrogen-bond acceptors (Lipinski definition) is 4. The third-order valence-corrected chi connectivity index (χ3v) is 6.90. The predicted octanol–water partition coefficient (Wildman–Crippen LogP) is 4.50. The normalized spacial score (nSPS) is 11.9. The molecule has 0 spiro atoms. The van der Waals surface area contributed by atoms with Crippen LogP contribution in [-0.2, 0) is 16.6 Å². The van der Waals surface area contributed by atoms with Crippen molar-refractivity contribution in [1.29, 1.82) is 0 Å². The lowest BCUT2D eigenvalue weighted by Crippen LogP contribution is -2.23. The van der Waals surface area contributed by atoms with E-state index in [9.17, 15) is 8.42 Å². The Kier molecular flexibility index (Phi) is 4.77. The largest absolute Gasteiger partial charge is 0.297 e. The molecule has 5 nitrogen and oxygen atoms in total. The van der Waals surface area contributed by atoms with Crippen molar-refractivity contribution in [1.82, 2.24) is 14.1 Å². The number of benzene rings is 2. The summed E-state index contributed by atoms with van der Waals surface area (Å²) in [5.74, 6) is 0. The van der Waals surface area contributed by atoms with Crippen LogP contribution in [0.15, 0.2) is 65.8 Å². The summed E-state index contributed by atoms with van der Waals surface area (Å²) >= 11 is 7.64. The van der Waals surface area contributed by atoms with Crippen LogP contribution < -0.4 is 4.72 Å². The first kappa shape index (κ1) is 18.2. The van der Waals surface area contributed by atoms with E-state index in [2.05, 4.69) is 9.71 Å². The highest BCUT2D eigenvalue weighted by atomic mass is 35.5. The van der Waals surface area contributed by atoms with Gasteiger partial charge in [0.25, 0.3) is 0 Å². The highest BCUT2D eigenvalue weighted by Crippen LogP contribution is 2.25. The minimum atomic E-state index is -3.68. The fraction of sp³-hybridized carbons (Fsp3) is 0.105. The molecule has 4 aromatic rings. The molecule has 0 radical (unpaired) electrons. The number of fused-ring (bicyclic) bond motifs is 1. The molecule has 0 saturated carbocycles. The molecule has 0 unspecified atom stereocenters. The van der Waals surface area contributed by atoms with E-state index >= 15 is 0 Å². The fourth-order valence-corrected chi connectivity index (χ4v) is 5.15. The summed E-state index contributed by atoms with van der Waals surface area (Å²) < 4.78 is 29.6. The smallest absolute Gasteiger partial charge is 0.242 e. The maximum atomic E-state index is 12.5. The molecule has 27 heavy (non-hydrogen) atoms. The van der Waals surface area contributed by atoms with Crippen molar-refractivity contribution in [3.63, 3.8) is 0 Å². The van der Waals surface area contributed by atoms with Crippen molar-refractivity contribution >= 4 is 37.9 Å². The van der Waals surface area contributed by atoms with Gasteiger partial charge in [0.2, 0.25) is 10.0 Å². The van der Waals surface area contributed by atoms with E-state index in [0.717, 1.165) is 21.8 Å². The molecule has 2 heterocycles. The van der Waals surface area contributed by atoms with Crippen molar-refractivity contribution in [3.8, 4) is 11.3 Å². The number of halogens is 1. The predicted molar refractivity (Wildman–Crippen MR) is 109 cm³/mol. The van der Waals surface area contributed by atoms with Gasteiger partial charge in [-0.3, -0.25) is 4.40 Å². The average molecular weight is 418 g/mol. The van der Waals surface area contributed by atoms with Gasteiger partial charge in [-0.15, -0.1) is 11.3 Å². The summed E-state index contributed by atoms with van der Waals surface area (Å²) in [5, 5.41) is 0.201. The average Bonchev–Trinajstić information content (AvgIpc) is 3.18. The van der Waals surface area contributed by atoms with E-state index < -0.39 is 10.0 Å². The lowest BCUT2D eigenvalue weighted by molar-refractivity contribution is 0.581. The van der Waals surface area contributed by atoms with Gasteiger partial charge >= 0.3 is 0 Å². The zero-order valence-electron chi connectivity index (χ0n) is 14.4. The molecule has 0 bridgehead atoms. The van der Waals surface area contributed by atoms with Crippen molar-refractivity contribution in [2.45, 2.75) is 18.4 Å². The Morgan fingerprint density at radius 2 is 1.96 bits per heavy atom. The van der Waals surface area contributed by atoms with Gasteiger partial charge in [-0.25, -0.2) is 18.1 Å². The van der Waals surface area contributed by atoms with Crippen LogP contribution in [0.5, 0.6) is 0 Å². The zero-order chi connectivity index (χ0) is 19.0. The molecular weight excluding hydrogens is 402 g/mol. The summed E-state index contributed by atoms with van der Waals surface area (Å²) in [6.07, 6.45) is 4.02. The number of nitrogens with zero attached hydrogens (tertiary/aromatic N) is 2. The Labute approximate surface area is 166 Å². The molecule has 2 aromatic heterocycles. The summed E-state index contributed by atoms with van der Waals surface area (Å²) in [6, 6.07) is 14.1. The molecule has 0 saturated heterocycles. The van der Waals surface area contributed by atoms with Crippen molar-refractivity contribution in [2.24, 2.45) is 0 Å². The van der Waals surface area contributed by atoms with Crippen LogP contribution in [0.2, 0.25) is 5.02 Å². The molecule has 8 heteroatoms. The van der Waals surface area contributed by atoms with Crippen molar-refractivity contribution in [3.05, 3.63) is 76.4 Å². The molecule has 4 rings (SSSR count). The first-order valence-corrected chi connectivity index (χ1v) is 10.9. The quantitative estimate of drug-likeness (QED) is 0.519. The maximum Gasteiger partial charge on any atom is 0.242 e. The molecule has 0 fully saturated rings. The first-order chi connectivity index (χ1) is 12.9. The van der Waals surface area contributed by atoms with Crippen molar-refractivity contribution < 1.29 is 8.42 Å². The van der Waals surface area contributed by atoms with Crippen LogP contribution in [0.4, 0.5) is 0 Å². The number of thiazole rings is 1. The Hall–Kier alpha value is -2.19. The van der Waals surface area contributed by atoms with E-state index in [1.54, 1.807) is 29.5 Å². The minimum Gasteiger partial charge on any atom is -0.297 e. The summed E-state index contributed by atoms with van der Waals surface area (Å²) in [7, 11) is -3.68. The second-order valence-corrected chi connectivity index (χ2v) is 9.47. The maximum absolute atomic E-state index is 12.5. The Morgan fingerprint density at radius 1 is 1.15 bits per heavy atom. The molecular formula is C19H16ClN3O2S2. The van der Waals surface area contributed by atoms with E-state index in [-0.39, 0.29) is 16.5 Å². The fourth-order valence-electron chi connectivity index (χ4n) is 2.81. The summed E-state index contributed by atoms with van der Waals surface area (Å²) in [6.45, 7) is 2.22. The van der Waals surface area contributed by atoms with Gasteiger partial charge in [-0.1, -0.05) is 41.9 Å². The van der Waals surface area contributed by atoms with Gasteiger partial charge in [0.15, 0.2) is 4.96 Å². The van der Waals surface area contributed by atoms with Crippen LogP contribution in [0.25, 0.3) is 16.2 Å². The highest BCUT2D eigenvalue weighted by Gasteiger charge is 2.17. The number of rotatable bonds is 5. The Bertz CT molecular complexity index is 1200. The van der Waals surface area contributed by atoms with Crippen molar-refractivity contribution in [2.75, 3.05) is 0 Å².